The standard InChI is InChI=1S/C19H26F3N3O2/c20-19(21,22)15-3-1-13(2-4-15)11-25-8-5-16(12-25)24-18(26)17(23)14-6-9-27-10-7-14/h1-4,14,16-17H,5-12,23H2,(H,24,26). The number of hydrogen-bond donors (Lipinski definition) is 2. The van der Waals surface area contributed by atoms with Crippen molar-refractivity contribution in [1.82, 2.24) is 10.2 Å². The number of halogens is 3. The molecule has 1 amide bonds. The Labute approximate surface area is 157 Å². The maximum absolute atomic E-state index is 12.6. The second-order valence-electron chi connectivity index (χ2n) is 7.40. The van der Waals surface area contributed by atoms with E-state index in [1.807, 2.05) is 0 Å². The minimum Gasteiger partial charge on any atom is -0.381 e. The summed E-state index contributed by atoms with van der Waals surface area (Å²) in [5.74, 6) is 0.0340. The van der Waals surface area contributed by atoms with Crippen molar-refractivity contribution in [3.05, 3.63) is 35.4 Å². The molecule has 0 aromatic heterocycles. The van der Waals surface area contributed by atoms with E-state index in [4.69, 9.17) is 10.5 Å². The second-order valence-corrected chi connectivity index (χ2v) is 7.40. The van der Waals surface area contributed by atoms with Crippen LogP contribution in [0.2, 0.25) is 0 Å². The first-order valence-electron chi connectivity index (χ1n) is 9.35. The normalized spacial score (nSPS) is 23.3. The number of alkyl halides is 3. The van der Waals surface area contributed by atoms with E-state index in [0.29, 0.717) is 26.3 Å². The highest BCUT2D eigenvalue weighted by atomic mass is 19.4. The Bertz CT molecular complexity index is 630. The van der Waals surface area contributed by atoms with Crippen molar-refractivity contribution < 1.29 is 22.7 Å². The fourth-order valence-corrected chi connectivity index (χ4v) is 3.74. The molecule has 5 nitrogen and oxygen atoms in total. The largest absolute Gasteiger partial charge is 0.416 e. The molecule has 2 heterocycles. The zero-order valence-electron chi connectivity index (χ0n) is 15.2. The smallest absolute Gasteiger partial charge is 0.381 e. The van der Waals surface area contributed by atoms with Gasteiger partial charge in [-0.05, 0) is 42.9 Å². The number of likely N-dealkylation sites (tertiary alicyclic amines) is 1. The minimum absolute atomic E-state index is 0.0258. The maximum atomic E-state index is 12.6. The number of rotatable bonds is 5. The van der Waals surface area contributed by atoms with Crippen molar-refractivity contribution in [1.29, 1.82) is 0 Å². The molecule has 2 unspecified atom stereocenters. The molecular weight excluding hydrogens is 359 g/mol. The third kappa shape index (κ3) is 5.43. The number of hydrogen-bond acceptors (Lipinski definition) is 4. The van der Waals surface area contributed by atoms with E-state index in [0.717, 1.165) is 43.5 Å². The summed E-state index contributed by atoms with van der Waals surface area (Å²) in [5.41, 5.74) is 6.29. The van der Waals surface area contributed by atoms with Gasteiger partial charge < -0.3 is 15.8 Å². The molecule has 0 saturated carbocycles. The van der Waals surface area contributed by atoms with E-state index in [-0.39, 0.29) is 17.9 Å². The van der Waals surface area contributed by atoms with Crippen LogP contribution < -0.4 is 11.1 Å². The van der Waals surface area contributed by atoms with E-state index in [1.54, 1.807) is 0 Å². The quantitative estimate of drug-likeness (QED) is 0.815. The average Bonchev–Trinajstić information content (AvgIpc) is 3.08. The van der Waals surface area contributed by atoms with Crippen molar-refractivity contribution in [2.45, 2.75) is 44.1 Å². The Morgan fingerprint density at radius 3 is 2.52 bits per heavy atom. The van der Waals surface area contributed by atoms with Crippen LogP contribution in [-0.4, -0.2) is 49.2 Å². The van der Waals surface area contributed by atoms with E-state index >= 15 is 0 Å². The van der Waals surface area contributed by atoms with Crippen molar-refractivity contribution >= 4 is 5.91 Å². The van der Waals surface area contributed by atoms with Crippen molar-refractivity contribution in [2.75, 3.05) is 26.3 Å². The van der Waals surface area contributed by atoms with Crippen LogP contribution in [0.25, 0.3) is 0 Å². The molecule has 2 fully saturated rings. The molecule has 2 saturated heterocycles. The Morgan fingerprint density at radius 1 is 1.22 bits per heavy atom. The van der Waals surface area contributed by atoms with Gasteiger partial charge in [0, 0.05) is 38.9 Å². The van der Waals surface area contributed by atoms with Crippen LogP contribution in [0.3, 0.4) is 0 Å². The first-order chi connectivity index (χ1) is 12.8. The number of nitrogens with two attached hydrogens (primary N) is 1. The van der Waals surface area contributed by atoms with Gasteiger partial charge in [-0.25, -0.2) is 0 Å². The van der Waals surface area contributed by atoms with Crippen LogP contribution in [0, 0.1) is 5.92 Å². The molecule has 8 heteroatoms. The number of ether oxygens (including phenoxy) is 1. The third-order valence-corrected chi connectivity index (χ3v) is 5.38. The molecule has 3 N–H and O–H groups in total. The number of benzene rings is 1. The minimum atomic E-state index is -4.31. The molecule has 1 aromatic rings. The molecule has 3 rings (SSSR count). The number of nitrogens with one attached hydrogen (secondary N) is 1. The van der Waals surface area contributed by atoms with Crippen LogP contribution in [-0.2, 0) is 22.3 Å². The van der Waals surface area contributed by atoms with Gasteiger partial charge in [-0.2, -0.15) is 13.2 Å². The van der Waals surface area contributed by atoms with Crippen LogP contribution in [0.15, 0.2) is 24.3 Å². The second kappa shape index (κ2) is 8.58. The zero-order valence-corrected chi connectivity index (χ0v) is 15.2. The fourth-order valence-electron chi connectivity index (χ4n) is 3.74. The highest BCUT2D eigenvalue weighted by molar-refractivity contribution is 5.82. The van der Waals surface area contributed by atoms with E-state index in [1.165, 1.54) is 12.1 Å². The maximum Gasteiger partial charge on any atom is 0.416 e. The lowest BCUT2D eigenvalue weighted by molar-refractivity contribution is -0.137. The molecule has 0 radical (unpaired) electrons. The number of carbonyl (C=O) groups excluding carboxylic acids is 1. The molecule has 0 spiro atoms. The van der Waals surface area contributed by atoms with Gasteiger partial charge in [0.2, 0.25) is 5.91 Å². The molecule has 0 aliphatic carbocycles. The van der Waals surface area contributed by atoms with E-state index in [2.05, 4.69) is 10.2 Å². The first-order valence-corrected chi connectivity index (χ1v) is 9.35. The van der Waals surface area contributed by atoms with Gasteiger partial charge in [0.05, 0.1) is 11.6 Å². The predicted octanol–water partition coefficient (Wildman–Crippen LogP) is 2.15. The molecule has 1 aromatic carbocycles. The average molecular weight is 385 g/mol. The number of carbonyl (C=O) groups is 1. The van der Waals surface area contributed by atoms with Crippen LogP contribution >= 0.6 is 0 Å². The van der Waals surface area contributed by atoms with Crippen molar-refractivity contribution in [3.8, 4) is 0 Å². The summed E-state index contributed by atoms with van der Waals surface area (Å²) in [4.78, 5) is 14.5. The Hall–Kier alpha value is -1.64. The summed E-state index contributed by atoms with van der Waals surface area (Å²) in [7, 11) is 0. The van der Waals surface area contributed by atoms with Crippen molar-refractivity contribution in [2.24, 2.45) is 11.7 Å². The highest BCUT2D eigenvalue weighted by Gasteiger charge is 2.31. The summed E-state index contributed by atoms with van der Waals surface area (Å²) in [6, 6.07) is 4.75. The van der Waals surface area contributed by atoms with Crippen LogP contribution in [0.4, 0.5) is 13.2 Å². The molecule has 0 bridgehead atoms. The number of amides is 1. The highest BCUT2D eigenvalue weighted by Crippen LogP contribution is 2.29. The fraction of sp³-hybridized carbons (Fsp3) is 0.632. The SMILES string of the molecule is NC(C(=O)NC1CCN(Cc2ccc(C(F)(F)F)cc2)C1)C1CCOCC1. The van der Waals surface area contributed by atoms with Gasteiger partial charge in [0.25, 0.3) is 0 Å². The lowest BCUT2D eigenvalue weighted by Gasteiger charge is -2.27. The third-order valence-electron chi connectivity index (χ3n) is 5.38. The molecular formula is C19H26F3N3O2. The molecule has 2 aliphatic rings. The molecule has 150 valence electrons. The molecule has 2 atom stereocenters. The first kappa shape index (κ1) is 20.1. The number of nitrogens with zero attached hydrogens (tertiary/aromatic N) is 1. The van der Waals surface area contributed by atoms with Gasteiger partial charge in [-0.3, -0.25) is 9.69 Å². The summed E-state index contributed by atoms with van der Waals surface area (Å²) >= 11 is 0. The molecule has 2 aliphatic heterocycles. The monoisotopic (exact) mass is 385 g/mol. The van der Waals surface area contributed by atoms with Gasteiger partial charge in [-0.1, -0.05) is 12.1 Å². The van der Waals surface area contributed by atoms with E-state index in [9.17, 15) is 18.0 Å². The summed E-state index contributed by atoms with van der Waals surface area (Å²) in [6.07, 6.45) is -1.89. The lowest BCUT2D eigenvalue weighted by atomic mass is 9.91. The van der Waals surface area contributed by atoms with Gasteiger partial charge in [0.15, 0.2) is 0 Å². The predicted molar refractivity (Wildman–Crippen MR) is 94.8 cm³/mol. The summed E-state index contributed by atoms with van der Waals surface area (Å²) in [5, 5.41) is 3.03. The van der Waals surface area contributed by atoms with Gasteiger partial charge in [0.1, 0.15) is 0 Å². The Balaban J connectivity index is 1.46. The Kier molecular flexibility index (Phi) is 6.39. The summed E-state index contributed by atoms with van der Waals surface area (Å²) < 4.78 is 43.2. The summed E-state index contributed by atoms with van der Waals surface area (Å²) in [6.45, 7) is 3.33. The van der Waals surface area contributed by atoms with Crippen LogP contribution in [0.5, 0.6) is 0 Å². The van der Waals surface area contributed by atoms with E-state index < -0.39 is 17.8 Å². The molecule has 27 heavy (non-hydrogen) atoms. The van der Waals surface area contributed by atoms with Crippen LogP contribution in [0.1, 0.15) is 30.4 Å². The van der Waals surface area contributed by atoms with Gasteiger partial charge in [-0.15, -0.1) is 0 Å². The zero-order chi connectivity index (χ0) is 19.4. The Morgan fingerprint density at radius 2 is 1.89 bits per heavy atom. The van der Waals surface area contributed by atoms with Gasteiger partial charge >= 0.3 is 6.18 Å². The topological polar surface area (TPSA) is 67.6 Å². The van der Waals surface area contributed by atoms with Crippen molar-refractivity contribution in [3.63, 3.8) is 0 Å². The lowest BCUT2D eigenvalue weighted by Crippen LogP contribution is -2.50.